The van der Waals surface area contributed by atoms with Gasteiger partial charge in [-0.25, -0.2) is 15.0 Å². The van der Waals surface area contributed by atoms with Crippen LogP contribution in [0.4, 0.5) is 0 Å². The van der Waals surface area contributed by atoms with Crippen LogP contribution in [0.3, 0.4) is 0 Å². The zero-order valence-electron chi connectivity index (χ0n) is 33.0. The van der Waals surface area contributed by atoms with Crippen molar-refractivity contribution in [3.63, 3.8) is 0 Å². The first-order valence-corrected chi connectivity index (χ1v) is 21.4. The molecule has 0 spiro atoms. The number of nitrogens with zero attached hydrogens (tertiary/aromatic N) is 3. The summed E-state index contributed by atoms with van der Waals surface area (Å²) in [6.45, 7) is 0. The van der Waals surface area contributed by atoms with Gasteiger partial charge in [-0.2, -0.15) is 0 Å². The van der Waals surface area contributed by atoms with Crippen LogP contribution in [-0.2, 0) is 0 Å². The van der Waals surface area contributed by atoms with Crippen LogP contribution < -0.4 is 0 Å². The van der Waals surface area contributed by atoms with Gasteiger partial charge >= 0.3 is 0 Å². The summed E-state index contributed by atoms with van der Waals surface area (Å²) in [5.41, 5.74) is 10.1. The molecule has 0 saturated carbocycles. The molecule has 12 aromatic rings. The van der Waals surface area contributed by atoms with Gasteiger partial charge in [0.05, 0.1) is 0 Å². The van der Waals surface area contributed by atoms with Crippen molar-refractivity contribution < 1.29 is 0 Å². The van der Waals surface area contributed by atoms with Crippen LogP contribution in [0.2, 0.25) is 0 Å². The zero-order chi connectivity index (χ0) is 40.3. The minimum Gasteiger partial charge on any atom is -0.208 e. The molecule has 0 aliphatic carbocycles. The summed E-state index contributed by atoms with van der Waals surface area (Å²) in [7, 11) is 0. The van der Waals surface area contributed by atoms with Gasteiger partial charge in [0.25, 0.3) is 0 Å². The van der Waals surface area contributed by atoms with Crippen LogP contribution in [0.25, 0.3) is 120 Å². The van der Waals surface area contributed by atoms with Crippen molar-refractivity contribution in [2.45, 2.75) is 0 Å². The predicted molar refractivity (Wildman–Crippen MR) is 258 cm³/mol. The highest BCUT2D eigenvalue weighted by Gasteiger charge is 2.18. The summed E-state index contributed by atoms with van der Waals surface area (Å²) >= 11 is 1.80. The third kappa shape index (κ3) is 6.16. The minimum atomic E-state index is 0.659. The van der Waals surface area contributed by atoms with E-state index >= 15 is 0 Å². The maximum atomic E-state index is 5.10. The zero-order valence-corrected chi connectivity index (χ0v) is 33.8. The molecule has 4 heteroatoms. The molecule has 0 bridgehead atoms. The highest BCUT2D eigenvalue weighted by molar-refractivity contribution is 7.26. The van der Waals surface area contributed by atoms with E-state index in [1.54, 1.807) is 11.3 Å². The molecule has 0 fully saturated rings. The van der Waals surface area contributed by atoms with E-state index in [9.17, 15) is 0 Å². The summed E-state index contributed by atoms with van der Waals surface area (Å²) in [5.74, 6) is 1.99. The molecule has 61 heavy (non-hydrogen) atoms. The number of hydrogen-bond acceptors (Lipinski definition) is 4. The lowest BCUT2D eigenvalue weighted by atomic mass is 9.91. The minimum absolute atomic E-state index is 0.659. The lowest BCUT2D eigenvalue weighted by Gasteiger charge is -2.13. The summed E-state index contributed by atoms with van der Waals surface area (Å²) in [4.78, 5) is 15.1. The molecule has 12 rings (SSSR count). The van der Waals surface area contributed by atoms with Gasteiger partial charge in [-0.15, -0.1) is 11.3 Å². The van der Waals surface area contributed by atoms with E-state index in [1.165, 1.54) is 80.5 Å². The second-order valence-corrected chi connectivity index (χ2v) is 16.6. The molecular weight excluding hydrogens is 759 g/mol. The highest BCUT2D eigenvalue weighted by Crippen LogP contribution is 2.42. The topological polar surface area (TPSA) is 38.7 Å². The number of thiophene rings is 1. The number of benzene rings is 10. The molecular formula is C57H35N3S. The molecule has 2 heterocycles. The Balaban J connectivity index is 0.909. The van der Waals surface area contributed by atoms with Gasteiger partial charge in [-0.3, -0.25) is 0 Å². The highest BCUT2D eigenvalue weighted by atomic mass is 32.1. The maximum absolute atomic E-state index is 5.10. The monoisotopic (exact) mass is 793 g/mol. The Bertz CT molecular complexity index is 3540. The largest absolute Gasteiger partial charge is 0.208 e. The molecule has 0 amide bonds. The van der Waals surface area contributed by atoms with Gasteiger partial charge in [0.1, 0.15) is 0 Å². The molecule has 0 N–H and O–H groups in total. The first kappa shape index (κ1) is 35.2. The van der Waals surface area contributed by atoms with Crippen LogP contribution >= 0.6 is 11.3 Å². The fourth-order valence-electron chi connectivity index (χ4n) is 8.94. The maximum Gasteiger partial charge on any atom is 0.164 e. The van der Waals surface area contributed by atoms with Gasteiger partial charge in [0.15, 0.2) is 17.5 Å². The molecule has 0 saturated heterocycles. The molecule has 10 aromatic carbocycles. The van der Waals surface area contributed by atoms with Crippen molar-refractivity contribution in [1.29, 1.82) is 0 Å². The Hall–Kier alpha value is -7.79. The van der Waals surface area contributed by atoms with E-state index in [0.717, 1.165) is 22.1 Å². The van der Waals surface area contributed by atoms with E-state index in [4.69, 9.17) is 15.0 Å². The Labute approximate surface area is 356 Å². The summed E-state index contributed by atoms with van der Waals surface area (Å²) in [6.07, 6.45) is 0. The molecule has 2 aromatic heterocycles. The lowest BCUT2D eigenvalue weighted by molar-refractivity contribution is 1.08. The summed E-state index contributed by atoms with van der Waals surface area (Å²) < 4.78 is 2.44. The molecule has 0 atom stereocenters. The predicted octanol–water partition coefficient (Wildman–Crippen LogP) is 15.7. The Kier molecular flexibility index (Phi) is 8.36. The van der Waals surface area contributed by atoms with Crippen LogP contribution in [0.5, 0.6) is 0 Å². The third-order valence-corrected chi connectivity index (χ3v) is 13.1. The van der Waals surface area contributed by atoms with Crippen LogP contribution in [0.1, 0.15) is 0 Å². The van der Waals surface area contributed by atoms with E-state index < -0.39 is 0 Å². The van der Waals surface area contributed by atoms with E-state index in [2.05, 4.69) is 176 Å². The first-order chi connectivity index (χ1) is 30.2. The van der Waals surface area contributed by atoms with Crippen molar-refractivity contribution in [1.82, 2.24) is 15.0 Å². The van der Waals surface area contributed by atoms with Gasteiger partial charge in [0, 0.05) is 36.9 Å². The number of rotatable bonds is 6. The summed E-state index contributed by atoms with van der Waals surface area (Å²) in [6, 6.07) is 76.0. The molecule has 0 aliphatic rings. The average molecular weight is 794 g/mol. The van der Waals surface area contributed by atoms with Gasteiger partial charge in [-0.1, -0.05) is 182 Å². The summed E-state index contributed by atoms with van der Waals surface area (Å²) in [5, 5.41) is 10.1. The van der Waals surface area contributed by atoms with Gasteiger partial charge < -0.3 is 0 Å². The molecule has 0 unspecified atom stereocenters. The third-order valence-electron chi connectivity index (χ3n) is 11.9. The lowest BCUT2D eigenvalue weighted by Crippen LogP contribution is -2.00. The Morgan fingerprint density at radius 2 is 0.672 bits per heavy atom. The van der Waals surface area contributed by atoms with Crippen molar-refractivity contribution >= 4 is 63.8 Å². The smallest absolute Gasteiger partial charge is 0.164 e. The number of hydrogen-bond donors (Lipinski definition) is 0. The standard InChI is InChI=1S/C57H35N3S/c1-3-13-38(14-4-1)55-58-56(39-15-5-2-6-16-39)60-57(59-55)49-23-12-24-53-54(49)51-35-42(30-32-52(51)61-53)37-27-25-36(26-28-37)40-17-11-18-41(33-40)43-29-31-48-46-21-8-7-19-44(46)45-20-9-10-22-47(45)50(48)34-43/h1-35H. The fourth-order valence-corrected chi connectivity index (χ4v) is 10.1. The number of fused-ring (bicyclic) bond motifs is 9. The van der Waals surface area contributed by atoms with Crippen molar-refractivity contribution in [2.75, 3.05) is 0 Å². The quantitative estimate of drug-likeness (QED) is 0.157. The second-order valence-electron chi connectivity index (χ2n) is 15.5. The van der Waals surface area contributed by atoms with Crippen molar-refractivity contribution in [3.05, 3.63) is 212 Å². The van der Waals surface area contributed by atoms with Crippen LogP contribution in [0, 0.1) is 0 Å². The first-order valence-electron chi connectivity index (χ1n) is 20.6. The van der Waals surface area contributed by atoms with E-state index in [1.807, 2.05) is 36.4 Å². The fraction of sp³-hybridized carbons (Fsp3) is 0. The van der Waals surface area contributed by atoms with Crippen LogP contribution in [-0.4, -0.2) is 15.0 Å². The van der Waals surface area contributed by atoms with Gasteiger partial charge in [0.2, 0.25) is 0 Å². The molecule has 3 nitrogen and oxygen atoms in total. The van der Waals surface area contributed by atoms with Crippen molar-refractivity contribution in [3.8, 4) is 67.5 Å². The Morgan fingerprint density at radius 1 is 0.246 bits per heavy atom. The Morgan fingerprint density at radius 3 is 1.30 bits per heavy atom. The van der Waals surface area contributed by atoms with Gasteiger partial charge in [-0.05, 0) is 96.0 Å². The van der Waals surface area contributed by atoms with E-state index in [0.29, 0.717) is 17.5 Å². The average Bonchev–Trinajstić information content (AvgIpc) is 3.73. The SMILES string of the molecule is c1ccc(-c2nc(-c3ccccc3)nc(-c3cccc4sc5ccc(-c6ccc(-c7cccc(-c8ccc9c%10ccccc%10c%10ccccc%10c9c8)c7)cc6)cc5c34)n2)cc1. The molecule has 284 valence electrons. The molecule has 0 radical (unpaired) electrons. The van der Waals surface area contributed by atoms with Crippen LogP contribution in [0.15, 0.2) is 212 Å². The van der Waals surface area contributed by atoms with E-state index in [-0.39, 0.29) is 0 Å². The molecule has 0 aliphatic heterocycles. The normalized spacial score (nSPS) is 11.6. The number of aromatic nitrogens is 3. The van der Waals surface area contributed by atoms with Crippen molar-refractivity contribution in [2.24, 2.45) is 0 Å². The second kappa shape index (κ2) is 14.5.